The maximum Gasteiger partial charge on any atom is 0.365 e. The van der Waals surface area contributed by atoms with E-state index in [1.807, 2.05) is 12.1 Å². The van der Waals surface area contributed by atoms with Crippen LogP contribution < -0.4 is 0 Å². The van der Waals surface area contributed by atoms with E-state index in [-0.39, 0.29) is 10.8 Å². The lowest BCUT2D eigenvalue weighted by Crippen LogP contribution is -2.36. The first-order valence-corrected chi connectivity index (χ1v) is 9.42. The van der Waals surface area contributed by atoms with E-state index < -0.39 is 5.97 Å². The molecule has 2 saturated carbocycles. The molecule has 5 heteroatoms. The zero-order valence-corrected chi connectivity index (χ0v) is 15.9. The molecule has 1 aromatic rings. The SMILES string of the molecule is CC12CCC(C/C1=N\OC(=O)c1ccc(Br)cc1)C2(C)CBr. The summed E-state index contributed by atoms with van der Waals surface area (Å²) in [6.07, 6.45) is 3.29. The van der Waals surface area contributed by atoms with Crippen molar-refractivity contribution in [2.75, 3.05) is 5.33 Å². The van der Waals surface area contributed by atoms with Crippen molar-refractivity contribution in [3.8, 4) is 0 Å². The second kappa shape index (κ2) is 5.75. The van der Waals surface area contributed by atoms with Crippen LogP contribution in [0.3, 0.4) is 0 Å². The Kier molecular flexibility index (Phi) is 4.23. The largest absolute Gasteiger partial charge is 0.365 e. The van der Waals surface area contributed by atoms with Crippen LogP contribution in [-0.2, 0) is 4.84 Å². The summed E-state index contributed by atoms with van der Waals surface area (Å²) in [7, 11) is 0. The summed E-state index contributed by atoms with van der Waals surface area (Å²) >= 11 is 7.02. The van der Waals surface area contributed by atoms with Crippen molar-refractivity contribution in [3.05, 3.63) is 34.3 Å². The van der Waals surface area contributed by atoms with Gasteiger partial charge >= 0.3 is 5.97 Å². The minimum absolute atomic E-state index is 0.0289. The van der Waals surface area contributed by atoms with Gasteiger partial charge < -0.3 is 4.84 Å². The molecule has 0 N–H and O–H groups in total. The van der Waals surface area contributed by atoms with Crippen LogP contribution in [-0.4, -0.2) is 17.0 Å². The number of alkyl halides is 1. The summed E-state index contributed by atoms with van der Waals surface area (Å²) in [6.45, 7) is 4.58. The fourth-order valence-corrected chi connectivity index (χ4v) is 5.25. The first-order chi connectivity index (χ1) is 10.4. The molecular weight excluding hydrogens is 410 g/mol. The van der Waals surface area contributed by atoms with Gasteiger partial charge in [0.2, 0.25) is 0 Å². The fourth-order valence-electron chi connectivity index (χ4n) is 3.91. The molecule has 0 aromatic heterocycles. The highest BCUT2D eigenvalue weighted by Gasteiger charge is 2.62. The molecule has 3 nitrogen and oxygen atoms in total. The van der Waals surface area contributed by atoms with Gasteiger partial charge in [0.05, 0.1) is 11.3 Å². The van der Waals surface area contributed by atoms with Gasteiger partial charge in [-0.3, -0.25) is 0 Å². The highest BCUT2D eigenvalue weighted by molar-refractivity contribution is 9.10. The molecule has 3 unspecified atom stereocenters. The van der Waals surface area contributed by atoms with Crippen LogP contribution in [0.15, 0.2) is 33.9 Å². The molecule has 2 fully saturated rings. The lowest BCUT2D eigenvalue weighted by Gasteiger charge is -2.36. The van der Waals surface area contributed by atoms with Crippen molar-refractivity contribution in [3.63, 3.8) is 0 Å². The van der Waals surface area contributed by atoms with Crippen LogP contribution in [0.2, 0.25) is 0 Å². The van der Waals surface area contributed by atoms with Crippen LogP contribution in [0, 0.1) is 16.7 Å². The smallest absolute Gasteiger partial charge is 0.313 e. The topological polar surface area (TPSA) is 38.7 Å². The molecule has 118 valence electrons. The molecule has 0 spiro atoms. The van der Waals surface area contributed by atoms with E-state index in [0.29, 0.717) is 11.5 Å². The molecule has 0 saturated heterocycles. The van der Waals surface area contributed by atoms with Gasteiger partial charge in [-0.05, 0) is 54.9 Å². The summed E-state index contributed by atoms with van der Waals surface area (Å²) in [6, 6.07) is 7.12. The minimum Gasteiger partial charge on any atom is -0.313 e. The molecule has 0 aliphatic heterocycles. The highest BCUT2D eigenvalue weighted by Crippen LogP contribution is 2.64. The molecule has 2 aliphatic carbocycles. The van der Waals surface area contributed by atoms with E-state index in [1.54, 1.807) is 12.1 Å². The number of halogens is 2. The van der Waals surface area contributed by atoms with Crippen molar-refractivity contribution in [2.24, 2.45) is 21.9 Å². The van der Waals surface area contributed by atoms with Gasteiger partial charge in [-0.1, -0.05) is 50.9 Å². The van der Waals surface area contributed by atoms with Gasteiger partial charge in [0.25, 0.3) is 0 Å². The predicted octanol–water partition coefficient (Wildman–Crippen LogP) is 5.18. The van der Waals surface area contributed by atoms with Gasteiger partial charge in [-0.15, -0.1) is 0 Å². The van der Waals surface area contributed by atoms with Crippen molar-refractivity contribution >= 4 is 43.5 Å². The number of oxime groups is 1. The van der Waals surface area contributed by atoms with E-state index >= 15 is 0 Å². The number of hydrogen-bond donors (Lipinski definition) is 0. The summed E-state index contributed by atoms with van der Waals surface area (Å²) in [5, 5.41) is 5.21. The Bertz CT molecular complexity index is 628. The molecular formula is C17H19Br2NO2. The average Bonchev–Trinajstić information content (AvgIpc) is 2.89. The molecule has 3 rings (SSSR count). The zero-order valence-electron chi connectivity index (χ0n) is 12.7. The van der Waals surface area contributed by atoms with Gasteiger partial charge in [0.1, 0.15) is 0 Å². The molecule has 2 bridgehead atoms. The van der Waals surface area contributed by atoms with Gasteiger partial charge in [0, 0.05) is 15.2 Å². The second-order valence-electron chi connectivity index (χ2n) is 6.75. The number of fused-ring (bicyclic) bond motifs is 2. The van der Waals surface area contributed by atoms with E-state index in [2.05, 4.69) is 50.9 Å². The Morgan fingerprint density at radius 1 is 1.36 bits per heavy atom. The molecule has 0 radical (unpaired) electrons. The Labute approximate surface area is 147 Å². The third kappa shape index (κ3) is 2.37. The summed E-state index contributed by atoms with van der Waals surface area (Å²) < 4.78 is 0.934. The lowest BCUT2D eigenvalue weighted by molar-refractivity contribution is 0.0508. The van der Waals surface area contributed by atoms with Crippen LogP contribution in [0.25, 0.3) is 0 Å². The number of carbonyl (C=O) groups excluding carboxylic acids is 1. The maximum atomic E-state index is 12.1. The third-order valence-electron chi connectivity index (χ3n) is 5.83. The van der Waals surface area contributed by atoms with Crippen molar-refractivity contribution in [1.29, 1.82) is 0 Å². The van der Waals surface area contributed by atoms with Gasteiger partial charge in [0.15, 0.2) is 0 Å². The number of benzene rings is 1. The summed E-state index contributed by atoms with van der Waals surface area (Å²) in [4.78, 5) is 17.3. The Hall–Kier alpha value is -0.680. The third-order valence-corrected chi connectivity index (χ3v) is 7.52. The van der Waals surface area contributed by atoms with Crippen LogP contribution >= 0.6 is 31.9 Å². The predicted molar refractivity (Wildman–Crippen MR) is 94.3 cm³/mol. The molecule has 3 atom stereocenters. The van der Waals surface area contributed by atoms with Crippen LogP contribution in [0.1, 0.15) is 43.5 Å². The number of rotatable bonds is 3. The van der Waals surface area contributed by atoms with Crippen molar-refractivity contribution in [1.82, 2.24) is 0 Å². The minimum atomic E-state index is -0.396. The number of hydrogen-bond acceptors (Lipinski definition) is 3. The molecule has 2 aliphatic rings. The standard InChI is InChI=1S/C17H19Br2NO2/c1-16-8-7-12(17(16,2)10-18)9-14(16)20-22-15(21)11-3-5-13(19)6-4-11/h3-6,12H,7-10H2,1-2H3/b20-14+. The average molecular weight is 429 g/mol. The fraction of sp³-hybridized carbons (Fsp3) is 0.529. The molecule has 22 heavy (non-hydrogen) atoms. The van der Waals surface area contributed by atoms with Crippen LogP contribution in [0.5, 0.6) is 0 Å². The Morgan fingerprint density at radius 2 is 2.05 bits per heavy atom. The normalized spacial score (nSPS) is 35.1. The monoisotopic (exact) mass is 427 g/mol. The first-order valence-electron chi connectivity index (χ1n) is 7.51. The number of carbonyl (C=O) groups is 1. The van der Waals surface area contributed by atoms with Crippen LogP contribution in [0.4, 0.5) is 0 Å². The van der Waals surface area contributed by atoms with E-state index in [1.165, 1.54) is 6.42 Å². The Balaban J connectivity index is 1.77. The quantitative estimate of drug-likeness (QED) is 0.377. The van der Waals surface area contributed by atoms with E-state index in [4.69, 9.17) is 4.84 Å². The maximum absolute atomic E-state index is 12.1. The Morgan fingerprint density at radius 3 is 2.64 bits per heavy atom. The lowest BCUT2D eigenvalue weighted by atomic mass is 9.70. The summed E-state index contributed by atoms with van der Waals surface area (Å²) in [5.41, 5.74) is 1.79. The van der Waals surface area contributed by atoms with Gasteiger partial charge in [-0.25, -0.2) is 4.79 Å². The highest BCUT2D eigenvalue weighted by atomic mass is 79.9. The summed E-state index contributed by atoms with van der Waals surface area (Å²) in [5.74, 6) is 0.230. The van der Waals surface area contributed by atoms with Crippen molar-refractivity contribution < 1.29 is 9.63 Å². The molecule has 0 heterocycles. The first kappa shape index (κ1) is 16.2. The van der Waals surface area contributed by atoms with E-state index in [0.717, 1.165) is 28.4 Å². The number of nitrogens with zero attached hydrogens (tertiary/aromatic N) is 1. The van der Waals surface area contributed by atoms with Crippen molar-refractivity contribution in [2.45, 2.75) is 33.1 Å². The molecule has 1 aromatic carbocycles. The van der Waals surface area contributed by atoms with E-state index in [9.17, 15) is 4.79 Å². The zero-order chi connectivity index (χ0) is 16.0. The molecule has 0 amide bonds. The second-order valence-corrected chi connectivity index (χ2v) is 8.22. The van der Waals surface area contributed by atoms with Gasteiger partial charge in [-0.2, -0.15) is 0 Å².